The van der Waals surface area contributed by atoms with Crippen molar-refractivity contribution in [3.8, 4) is 51.7 Å². The van der Waals surface area contributed by atoms with Crippen molar-refractivity contribution in [3.05, 3.63) is 127 Å². The molecule has 0 unspecified atom stereocenters. The Morgan fingerprint density at radius 2 is 0.652 bits per heavy atom. The molecule has 0 aromatic heterocycles. The minimum Gasteiger partial charge on any atom is -0.504 e. The molecule has 228 valence electrons. The molecule has 9 nitrogen and oxygen atoms in total. The summed E-state index contributed by atoms with van der Waals surface area (Å²) in [5.41, 5.74) is 0. The average molecular weight is 615 g/mol. The van der Waals surface area contributed by atoms with Crippen LogP contribution in [0.2, 0.25) is 0 Å². The average Bonchev–Trinajstić information content (AvgIpc) is 3.08. The van der Waals surface area contributed by atoms with Crippen LogP contribution in [-0.4, -0.2) is 17.3 Å². The molecule has 0 amide bonds. The molecule has 0 saturated heterocycles. The lowest BCUT2D eigenvalue weighted by Gasteiger charge is -2.14. The molecule has 7 aromatic carbocycles. The maximum Gasteiger partial charge on any atom is 0.220 e. The van der Waals surface area contributed by atoms with Gasteiger partial charge in [0.25, 0.3) is 0 Å². The summed E-state index contributed by atoms with van der Waals surface area (Å²) in [4.78, 5) is 33.6. The predicted octanol–water partition coefficient (Wildman–Crippen LogP) is 8.68. The van der Waals surface area contributed by atoms with Gasteiger partial charge in [0.2, 0.25) is 17.2 Å². The molecule has 7 rings (SSSR count). The molecular formula is C37H26O9. The molecule has 7 aromatic rings. The summed E-state index contributed by atoms with van der Waals surface area (Å²) in [5, 5.41) is 26.3. The van der Waals surface area contributed by atoms with Gasteiger partial charge in [0.1, 0.15) is 0 Å². The minimum atomic E-state index is -0.107. The van der Waals surface area contributed by atoms with E-state index in [1.807, 2.05) is 78.9 Å². The van der Waals surface area contributed by atoms with E-state index in [1.54, 1.807) is 30.3 Å². The van der Waals surface area contributed by atoms with E-state index in [4.69, 9.17) is 34.1 Å². The molecule has 0 aliphatic carbocycles. The van der Waals surface area contributed by atoms with Crippen molar-refractivity contribution in [2.45, 2.75) is 0 Å². The van der Waals surface area contributed by atoms with Crippen LogP contribution in [0.15, 0.2) is 127 Å². The van der Waals surface area contributed by atoms with Crippen LogP contribution in [0.5, 0.6) is 51.7 Å². The third kappa shape index (κ3) is 5.97. The van der Waals surface area contributed by atoms with E-state index in [0.717, 1.165) is 32.3 Å². The molecule has 0 heterocycles. The van der Waals surface area contributed by atoms with Crippen LogP contribution in [0.1, 0.15) is 0 Å². The van der Waals surface area contributed by atoms with Gasteiger partial charge in [0, 0.05) is 18.2 Å². The van der Waals surface area contributed by atoms with Gasteiger partial charge in [-0.3, -0.25) is 29.3 Å². The molecule has 0 radical (unpaired) electrons. The summed E-state index contributed by atoms with van der Waals surface area (Å²) in [6.45, 7) is 0. The zero-order valence-electron chi connectivity index (χ0n) is 24.4. The van der Waals surface area contributed by atoms with E-state index < -0.39 is 0 Å². The number of benzene rings is 7. The first-order chi connectivity index (χ1) is 22.5. The normalized spacial score (nSPS) is 10.9. The second-order valence-corrected chi connectivity index (χ2v) is 10.3. The fourth-order valence-corrected chi connectivity index (χ4v) is 4.94. The SMILES string of the molecule is COc1cc2ccccc2cc1OOc1cc(OOc2cc3ccccc3cc2O)cc(OOc2cc3ccccc3cc2O)c1. The third-order valence-electron chi connectivity index (χ3n) is 7.22. The minimum absolute atomic E-state index is 0.0991. The van der Waals surface area contributed by atoms with Gasteiger partial charge in [0.05, 0.1) is 7.11 Å². The van der Waals surface area contributed by atoms with Crippen molar-refractivity contribution in [1.82, 2.24) is 0 Å². The first-order valence-corrected chi connectivity index (χ1v) is 14.2. The van der Waals surface area contributed by atoms with Crippen LogP contribution in [-0.2, 0) is 0 Å². The van der Waals surface area contributed by atoms with Gasteiger partial charge in [0.15, 0.2) is 34.5 Å². The predicted molar refractivity (Wildman–Crippen MR) is 172 cm³/mol. The number of hydrogen-bond donors (Lipinski definition) is 2. The van der Waals surface area contributed by atoms with Gasteiger partial charge < -0.3 is 14.9 Å². The fraction of sp³-hybridized carbons (Fsp3) is 0.0270. The number of phenolic OH excluding ortho intramolecular Hbond substituents is 2. The standard InChI is InChI=1S/C37H26O9/c1-40-36-18-27-12-6-7-13-28(27)19-37(36)46-43-31-21-29(41-44-34-16-25-10-4-2-8-23(25)14-32(34)38)20-30(22-31)42-45-35-17-26-11-5-3-9-24(26)15-33(35)39/h2-22,38-39H,1H3. The van der Waals surface area contributed by atoms with Crippen molar-refractivity contribution in [3.63, 3.8) is 0 Å². The van der Waals surface area contributed by atoms with Crippen molar-refractivity contribution >= 4 is 32.3 Å². The summed E-state index contributed by atoms with van der Waals surface area (Å²) >= 11 is 0. The smallest absolute Gasteiger partial charge is 0.220 e. The van der Waals surface area contributed by atoms with Crippen molar-refractivity contribution < 1.29 is 44.3 Å². The first-order valence-electron chi connectivity index (χ1n) is 14.2. The summed E-state index contributed by atoms with van der Waals surface area (Å²) in [6.07, 6.45) is 0. The maximum atomic E-state index is 10.5. The number of hydrogen-bond acceptors (Lipinski definition) is 9. The van der Waals surface area contributed by atoms with E-state index in [9.17, 15) is 10.2 Å². The second kappa shape index (κ2) is 12.3. The van der Waals surface area contributed by atoms with Gasteiger partial charge in [-0.2, -0.15) is 0 Å². The molecule has 0 spiro atoms. The molecule has 0 fully saturated rings. The van der Waals surface area contributed by atoms with E-state index in [1.165, 1.54) is 25.3 Å². The van der Waals surface area contributed by atoms with Crippen LogP contribution < -0.4 is 34.1 Å². The van der Waals surface area contributed by atoms with E-state index in [-0.39, 0.29) is 40.2 Å². The summed E-state index contributed by atoms with van der Waals surface area (Å²) in [5.74, 6) is 1.19. The van der Waals surface area contributed by atoms with Gasteiger partial charge in [-0.25, -0.2) is 0 Å². The van der Waals surface area contributed by atoms with Crippen molar-refractivity contribution in [2.24, 2.45) is 0 Å². The lowest BCUT2D eigenvalue weighted by Crippen LogP contribution is -2.06. The number of rotatable bonds is 10. The summed E-state index contributed by atoms with van der Waals surface area (Å²) in [6, 6.07) is 37.4. The highest BCUT2D eigenvalue weighted by Crippen LogP contribution is 2.37. The Bertz CT molecular complexity index is 2090. The molecule has 0 saturated carbocycles. The summed E-state index contributed by atoms with van der Waals surface area (Å²) < 4.78 is 5.51. The Balaban J connectivity index is 1.16. The largest absolute Gasteiger partial charge is 0.504 e. The van der Waals surface area contributed by atoms with Crippen molar-refractivity contribution in [2.75, 3.05) is 7.11 Å². The number of fused-ring (bicyclic) bond motifs is 3. The molecular weight excluding hydrogens is 588 g/mol. The third-order valence-corrected chi connectivity index (χ3v) is 7.22. The Morgan fingerprint density at radius 1 is 0.348 bits per heavy atom. The molecule has 2 N–H and O–H groups in total. The lowest BCUT2D eigenvalue weighted by atomic mass is 10.1. The maximum absolute atomic E-state index is 10.5. The summed E-state index contributed by atoms with van der Waals surface area (Å²) in [7, 11) is 1.54. The molecule has 0 atom stereocenters. The second-order valence-electron chi connectivity index (χ2n) is 10.3. The highest BCUT2D eigenvalue weighted by Gasteiger charge is 2.15. The molecule has 0 aliphatic rings. The zero-order valence-corrected chi connectivity index (χ0v) is 24.4. The van der Waals surface area contributed by atoms with E-state index in [0.29, 0.717) is 11.5 Å². The highest BCUT2D eigenvalue weighted by molar-refractivity contribution is 5.87. The number of aromatic hydroxyl groups is 2. The van der Waals surface area contributed by atoms with Gasteiger partial charge >= 0.3 is 0 Å². The van der Waals surface area contributed by atoms with Gasteiger partial charge in [-0.1, -0.05) is 72.8 Å². The Kier molecular flexibility index (Phi) is 7.54. The van der Waals surface area contributed by atoms with Gasteiger partial charge in [-0.15, -0.1) is 0 Å². The highest BCUT2D eigenvalue weighted by atomic mass is 17.2. The monoisotopic (exact) mass is 614 g/mol. The zero-order chi connectivity index (χ0) is 31.5. The van der Waals surface area contributed by atoms with Crippen LogP contribution in [0, 0.1) is 0 Å². The Labute approximate surface area is 262 Å². The molecule has 0 aliphatic heterocycles. The van der Waals surface area contributed by atoms with Gasteiger partial charge in [-0.05, 0) is 68.7 Å². The number of methoxy groups -OCH3 is 1. The quantitative estimate of drug-likeness (QED) is 0.116. The Hall–Kier alpha value is -6.48. The molecule has 46 heavy (non-hydrogen) atoms. The topological polar surface area (TPSA) is 105 Å². The number of ether oxygens (including phenoxy) is 1. The van der Waals surface area contributed by atoms with Crippen LogP contribution in [0.3, 0.4) is 0 Å². The Morgan fingerprint density at radius 3 is 1.02 bits per heavy atom. The van der Waals surface area contributed by atoms with Crippen LogP contribution in [0.25, 0.3) is 32.3 Å². The molecule has 0 bridgehead atoms. The lowest BCUT2D eigenvalue weighted by molar-refractivity contribution is -0.116. The van der Waals surface area contributed by atoms with E-state index in [2.05, 4.69) is 0 Å². The molecule has 9 heteroatoms. The fourth-order valence-electron chi connectivity index (χ4n) is 4.94. The van der Waals surface area contributed by atoms with Crippen LogP contribution >= 0.6 is 0 Å². The van der Waals surface area contributed by atoms with Crippen molar-refractivity contribution in [1.29, 1.82) is 0 Å². The van der Waals surface area contributed by atoms with Crippen LogP contribution in [0.4, 0.5) is 0 Å². The first kappa shape index (κ1) is 28.3. The number of phenols is 2. The van der Waals surface area contributed by atoms with E-state index >= 15 is 0 Å².